The summed E-state index contributed by atoms with van der Waals surface area (Å²) in [6, 6.07) is 7.41. The molecule has 0 fully saturated rings. The van der Waals surface area contributed by atoms with Crippen molar-refractivity contribution in [3.05, 3.63) is 44.3 Å². The van der Waals surface area contributed by atoms with Gasteiger partial charge in [-0.25, -0.2) is 0 Å². The summed E-state index contributed by atoms with van der Waals surface area (Å²) in [5.41, 5.74) is 1.91. The Kier molecular flexibility index (Phi) is 26.2. The van der Waals surface area contributed by atoms with Crippen LogP contribution in [0.25, 0.3) is 0 Å². The second-order valence-corrected chi connectivity index (χ2v) is 9.08. The Hall–Kier alpha value is -0.705. The molecule has 2 rings (SSSR count). The second kappa shape index (κ2) is 22.3. The van der Waals surface area contributed by atoms with E-state index in [1.54, 1.807) is 14.2 Å². The van der Waals surface area contributed by atoms with Crippen LogP contribution in [-0.2, 0) is 17.6 Å². The molecule has 0 aromatic heterocycles. The summed E-state index contributed by atoms with van der Waals surface area (Å²) < 4.78 is 23.5. The van der Waals surface area contributed by atoms with Crippen LogP contribution in [0.5, 0.6) is 23.0 Å². The maximum absolute atomic E-state index is 10.5. The molecular formula is C26H41BBr2NaO6. The van der Waals surface area contributed by atoms with Crippen LogP contribution in [0.15, 0.2) is 33.2 Å². The van der Waals surface area contributed by atoms with E-state index in [0.717, 1.165) is 26.4 Å². The van der Waals surface area contributed by atoms with Gasteiger partial charge in [-0.05, 0) is 69.5 Å². The first-order valence-electron chi connectivity index (χ1n) is 10.3. The van der Waals surface area contributed by atoms with Gasteiger partial charge in [-0.3, -0.25) is 0 Å². The van der Waals surface area contributed by atoms with E-state index in [0.29, 0.717) is 35.8 Å². The molecular weight excluding hydrogens is 602 g/mol. The summed E-state index contributed by atoms with van der Waals surface area (Å²) in [5, 5.41) is 8.95. The molecule has 0 bridgehead atoms. The van der Waals surface area contributed by atoms with E-state index in [2.05, 4.69) is 31.9 Å². The average molecular weight is 643 g/mol. The van der Waals surface area contributed by atoms with E-state index < -0.39 is 0 Å². The van der Waals surface area contributed by atoms with Gasteiger partial charge in [-0.15, -0.1) is 0 Å². The van der Waals surface area contributed by atoms with E-state index in [1.807, 2.05) is 52.0 Å². The number of carbonyl (C=O) groups is 1. The summed E-state index contributed by atoms with van der Waals surface area (Å²) in [6.07, 6.45) is 1.99. The summed E-state index contributed by atoms with van der Waals surface area (Å²) >= 11 is 6.84. The summed E-state index contributed by atoms with van der Waals surface area (Å²) in [5.74, 6) is 2.74. The molecule has 2 aromatic carbocycles. The number of halogens is 2. The molecule has 0 spiro atoms. The van der Waals surface area contributed by atoms with Gasteiger partial charge < -0.3 is 30.3 Å². The molecule has 3 radical (unpaired) electrons. The SMILES string of the molecule is C.C.COc1cc(Br)c(CC=O)cc1OC(C)C.COc1cc(Br)c(CCO)cc1OC(C)C.[B].[H-].[Na+]. The third-order valence-corrected chi connectivity index (χ3v) is 5.55. The van der Waals surface area contributed by atoms with Crippen molar-refractivity contribution >= 4 is 46.6 Å². The first kappa shape index (κ1) is 42.4. The van der Waals surface area contributed by atoms with Gasteiger partial charge in [-0.1, -0.05) is 46.7 Å². The number of aliphatic hydroxyl groups excluding tert-OH is 1. The first-order valence-corrected chi connectivity index (χ1v) is 11.9. The molecule has 0 aliphatic heterocycles. The normalized spacial score (nSPS) is 9.31. The largest absolute Gasteiger partial charge is 1.00 e. The van der Waals surface area contributed by atoms with Gasteiger partial charge in [0.1, 0.15) is 6.29 Å². The van der Waals surface area contributed by atoms with E-state index in [4.69, 9.17) is 24.1 Å². The topological polar surface area (TPSA) is 74.2 Å². The predicted octanol–water partition coefficient (Wildman–Crippen LogP) is 3.77. The van der Waals surface area contributed by atoms with Crippen molar-refractivity contribution in [2.24, 2.45) is 0 Å². The van der Waals surface area contributed by atoms with Crippen molar-refractivity contribution in [1.29, 1.82) is 0 Å². The number of benzene rings is 2. The van der Waals surface area contributed by atoms with Crippen LogP contribution >= 0.6 is 31.9 Å². The number of hydrogen-bond donors (Lipinski definition) is 1. The van der Waals surface area contributed by atoms with E-state index in [9.17, 15) is 4.79 Å². The van der Waals surface area contributed by atoms with Gasteiger partial charge >= 0.3 is 29.6 Å². The van der Waals surface area contributed by atoms with E-state index >= 15 is 0 Å². The molecule has 0 aliphatic rings. The summed E-state index contributed by atoms with van der Waals surface area (Å²) in [4.78, 5) is 10.5. The van der Waals surface area contributed by atoms with Crippen LogP contribution in [0, 0.1) is 0 Å². The zero-order valence-corrected chi connectivity index (χ0v) is 26.2. The Labute approximate surface area is 260 Å². The Morgan fingerprint density at radius 1 is 0.833 bits per heavy atom. The maximum Gasteiger partial charge on any atom is 1.00 e. The third kappa shape index (κ3) is 14.3. The van der Waals surface area contributed by atoms with Crippen molar-refractivity contribution in [2.45, 2.75) is 67.6 Å². The van der Waals surface area contributed by atoms with E-state index in [1.165, 1.54) is 0 Å². The second-order valence-electron chi connectivity index (χ2n) is 7.37. The zero-order chi connectivity index (χ0) is 24.3. The van der Waals surface area contributed by atoms with Crippen molar-refractivity contribution in [2.75, 3.05) is 20.8 Å². The van der Waals surface area contributed by atoms with Crippen LogP contribution in [0.2, 0.25) is 0 Å². The predicted molar refractivity (Wildman–Crippen MR) is 154 cm³/mol. The number of carbonyl (C=O) groups excluding carboxylic acids is 1. The molecule has 2 aromatic rings. The molecule has 10 heteroatoms. The molecule has 0 heterocycles. The Balaban J connectivity index is -0.000000163. The molecule has 36 heavy (non-hydrogen) atoms. The molecule has 6 nitrogen and oxygen atoms in total. The van der Waals surface area contributed by atoms with Crippen LogP contribution < -0.4 is 48.5 Å². The average Bonchev–Trinajstić information content (AvgIpc) is 2.72. The minimum Gasteiger partial charge on any atom is -1.00 e. The van der Waals surface area contributed by atoms with Gasteiger partial charge in [0.05, 0.1) is 26.4 Å². The molecule has 0 aliphatic carbocycles. The molecule has 0 saturated carbocycles. The fourth-order valence-corrected chi connectivity index (χ4v) is 3.73. The van der Waals surface area contributed by atoms with Gasteiger partial charge in [0, 0.05) is 30.4 Å². The maximum atomic E-state index is 10.5. The third-order valence-electron chi connectivity index (χ3n) is 4.08. The Morgan fingerprint density at radius 3 is 1.56 bits per heavy atom. The van der Waals surface area contributed by atoms with Crippen LogP contribution in [0.4, 0.5) is 0 Å². The molecule has 0 amide bonds. The molecule has 0 unspecified atom stereocenters. The Bertz CT molecular complexity index is 889. The Morgan fingerprint density at radius 2 is 1.22 bits per heavy atom. The summed E-state index contributed by atoms with van der Waals surface area (Å²) in [6.45, 7) is 7.94. The van der Waals surface area contributed by atoms with Crippen LogP contribution in [0.3, 0.4) is 0 Å². The van der Waals surface area contributed by atoms with Crippen LogP contribution in [-0.4, -0.2) is 52.8 Å². The van der Waals surface area contributed by atoms with Gasteiger partial charge in [0.2, 0.25) is 0 Å². The smallest absolute Gasteiger partial charge is 1.00 e. The molecule has 0 saturated heterocycles. The van der Waals surface area contributed by atoms with Gasteiger partial charge in [0.15, 0.2) is 23.0 Å². The van der Waals surface area contributed by atoms with Crippen molar-refractivity contribution in [3.8, 4) is 23.0 Å². The van der Waals surface area contributed by atoms with Crippen LogP contribution in [0.1, 0.15) is 55.1 Å². The van der Waals surface area contributed by atoms with Gasteiger partial charge in [-0.2, -0.15) is 0 Å². The van der Waals surface area contributed by atoms with Crippen molar-refractivity contribution < 1.29 is 59.8 Å². The molecule has 0 atom stereocenters. The number of rotatable bonds is 10. The molecule has 1 N–H and O–H groups in total. The van der Waals surface area contributed by atoms with Gasteiger partial charge in [0.25, 0.3) is 0 Å². The number of ether oxygens (including phenoxy) is 4. The molecule has 199 valence electrons. The fraction of sp³-hybridized carbons (Fsp3) is 0.500. The standard InChI is InChI=1S/C12H17BrO3.C12H15BrO3.2CH4.B.Na.H/c2*1-8(2)16-12-6-9(4-5-14)10(13)7-11(12)15-3;;;;;/h6-8,14H,4-5H2,1-3H3;5-8H,4H2,1-3H3;2*1H4;;;/q;;;;;+1;-1. The number of aldehydes is 1. The van der Waals surface area contributed by atoms with Crippen molar-refractivity contribution in [3.63, 3.8) is 0 Å². The minimum atomic E-state index is 0. The first-order chi connectivity index (χ1) is 15.2. The number of methoxy groups -OCH3 is 2. The fourth-order valence-electron chi connectivity index (χ4n) is 2.72. The summed E-state index contributed by atoms with van der Waals surface area (Å²) in [7, 11) is 3.20. The number of hydrogen-bond acceptors (Lipinski definition) is 6. The van der Waals surface area contributed by atoms with E-state index in [-0.39, 0.29) is 73.1 Å². The minimum absolute atomic E-state index is 0. The number of aliphatic hydroxyl groups is 1. The quantitative estimate of drug-likeness (QED) is 0.314. The zero-order valence-electron chi connectivity index (χ0n) is 22.0. The monoisotopic (exact) mass is 641 g/mol. The van der Waals surface area contributed by atoms with Crippen molar-refractivity contribution in [1.82, 2.24) is 0 Å².